The Kier molecular flexibility index (Phi) is 3.94. The predicted molar refractivity (Wildman–Crippen MR) is 58.2 cm³/mol. The SMILES string of the molecule is CC(=O)CCc1cccc(Cl)c1Br. The molecule has 0 aliphatic carbocycles. The highest BCUT2D eigenvalue weighted by Crippen LogP contribution is 2.26. The van der Waals surface area contributed by atoms with E-state index in [1.54, 1.807) is 6.92 Å². The van der Waals surface area contributed by atoms with E-state index in [-0.39, 0.29) is 5.78 Å². The molecule has 0 atom stereocenters. The molecule has 13 heavy (non-hydrogen) atoms. The van der Waals surface area contributed by atoms with Gasteiger partial charge < -0.3 is 4.79 Å². The van der Waals surface area contributed by atoms with Gasteiger partial charge in [-0.2, -0.15) is 0 Å². The number of carbonyl (C=O) groups is 1. The summed E-state index contributed by atoms with van der Waals surface area (Å²) in [5.41, 5.74) is 1.09. The summed E-state index contributed by atoms with van der Waals surface area (Å²) >= 11 is 9.28. The largest absolute Gasteiger partial charge is 0.300 e. The standard InChI is InChI=1S/C10H10BrClO/c1-7(13)5-6-8-3-2-4-9(12)10(8)11/h2-4H,5-6H2,1H3. The number of hydrogen-bond acceptors (Lipinski definition) is 1. The lowest BCUT2D eigenvalue weighted by atomic mass is 10.1. The lowest BCUT2D eigenvalue weighted by Gasteiger charge is -2.03. The van der Waals surface area contributed by atoms with Crippen LogP contribution in [0.15, 0.2) is 22.7 Å². The van der Waals surface area contributed by atoms with Crippen molar-refractivity contribution in [3.63, 3.8) is 0 Å². The molecule has 0 aliphatic rings. The summed E-state index contributed by atoms with van der Waals surface area (Å²) in [6, 6.07) is 5.68. The van der Waals surface area contributed by atoms with Gasteiger partial charge in [-0.05, 0) is 40.9 Å². The topological polar surface area (TPSA) is 17.1 Å². The molecule has 0 aliphatic heterocycles. The third-order valence-electron chi connectivity index (χ3n) is 1.78. The lowest BCUT2D eigenvalue weighted by molar-refractivity contribution is -0.116. The fourth-order valence-corrected chi connectivity index (χ4v) is 1.71. The molecule has 0 amide bonds. The number of hydrogen-bond donors (Lipinski definition) is 0. The summed E-state index contributed by atoms with van der Waals surface area (Å²) in [5.74, 6) is 0.201. The number of ketones is 1. The zero-order valence-electron chi connectivity index (χ0n) is 7.31. The van der Waals surface area contributed by atoms with E-state index in [4.69, 9.17) is 11.6 Å². The maximum atomic E-state index is 10.8. The summed E-state index contributed by atoms with van der Waals surface area (Å²) in [7, 11) is 0. The molecule has 0 bridgehead atoms. The molecule has 1 aromatic carbocycles. The second kappa shape index (κ2) is 4.77. The van der Waals surface area contributed by atoms with Crippen LogP contribution in [0.4, 0.5) is 0 Å². The number of halogens is 2. The van der Waals surface area contributed by atoms with Crippen LogP contribution in [-0.2, 0) is 11.2 Å². The minimum absolute atomic E-state index is 0.201. The molecule has 1 aromatic rings. The Morgan fingerprint density at radius 3 is 2.85 bits per heavy atom. The van der Waals surface area contributed by atoms with Crippen molar-refractivity contribution in [1.82, 2.24) is 0 Å². The van der Waals surface area contributed by atoms with Crippen LogP contribution in [0.3, 0.4) is 0 Å². The van der Waals surface area contributed by atoms with Crippen LogP contribution in [0.25, 0.3) is 0 Å². The first-order chi connectivity index (χ1) is 6.11. The Morgan fingerprint density at radius 2 is 2.23 bits per heavy atom. The molecule has 0 heterocycles. The number of carbonyl (C=O) groups excluding carboxylic acids is 1. The van der Waals surface area contributed by atoms with Gasteiger partial charge in [0.1, 0.15) is 5.78 Å². The Bertz CT molecular complexity index is 323. The van der Waals surface area contributed by atoms with Crippen LogP contribution in [0.1, 0.15) is 18.9 Å². The van der Waals surface area contributed by atoms with Gasteiger partial charge in [-0.1, -0.05) is 23.7 Å². The van der Waals surface area contributed by atoms with Crippen molar-refractivity contribution < 1.29 is 4.79 Å². The second-order valence-electron chi connectivity index (χ2n) is 2.91. The molecule has 0 saturated carbocycles. The molecule has 1 rings (SSSR count). The fourth-order valence-electron chi connectivity index (χ4n) is 1.05. The van der Waals surface area contributed by atoms with Crippen LogP contribution in [0.5, 0.6) is 0 Å². The van der Waals surface area contributed by atoms with E-state index in [9.17, 15) is 4.79 Å². The van der Waals surface area contributed by atoms with Gasteiger partial charge in [0, 0.05) is 10.9 Å². The average molecular weight is 262 g/mol. The normalized spacial score (nSPS) is 10.1. The van der Waals surface area contributed by atoms with Crippen LogP contribution >= 0.6 is 27.5 Å². The third kappa shape index (κ3) is 3.12. The quantitative estimate of drug-likeness (QED) is 0.812. The van der Waals surface area contributed by atoms with Gasteiger partial charge in [0.05, 0.1) is 5.02 Å². The van der Waals surface area contributed by atoms with E-state index in [0.717, 1.165) is 16.5 Å². The molecular weight excluding hydrogens is 251 g/mol. The Labute approximate surface area is 91.2 Å². The van der Waals surface area contributed by atoms with Crippen molar-refractivity contribution in [2.75, 3.05) is 0 Å². The molecule has 0 radical (unpaired) electrons. The number of benzene rings is 1. The average Bonchev–Trinajstić information content (AvgIpc) is 2.07. The molecule has 0 spiro atoms. The second-order valence-corrected chi connectivity index (χ2v) is 4.12. The zero-order chi connectivity index (χ0) is 9.84. The molecule has 0 N–H and O–H groups in total. The highest BCUT2D eigenvalue weighted by Gasteiger charge is 2.04. The summed E-state index contributed by atoms with van der Waals surface area (Å²) < 4.78 is 0.901. The van der Waals surface area contributed by atoms with Crippen molar-refractivity contribution in [2.45, 2.75) is 19.8 Å². The van der Waals surface area contributed by atoms with Gasteiger partial charge >= 0.3 is 0 Å². The highest BCUT2D eigenvalue weighted by molar-refractivity contribution is 9.10. The molecule has 0 unspecified atom stereocenters. The van der Waals surface area contributed by atoms with Crippen LogP contribution in [0, 0.1) is 0 Å². The highest BCUT2D eigenvalue weighted by atomic mass is 79.9. The Hall–Kier alpha value is -0.340. The van der Waals surface area contributed by atoms with E-state index in [1.807, 2.05) is 18.2 Å². The molecule has 3 heteroatoms. The van der Waals surface area contributed by atoms with Gasteiger partial charge in [-0.25, -0.2) is 0 Å². The minimum Gasteiger partial charge on any atom is -0.300 e. The van der Waals surface area contributed by atoms with E-state index in [1.165, 1.54) is 0 Å². The molecular formula is C10H10BrClO. The maximum absolute atomic E-state index is 10.8. The van der Waals surface area contributed by atoms with E-state index in [2.05, 4.69) is 15.9 Å². The molecule has 1 nitrogen and oxygen atoms in total. The van der Waals surface area contributed by atoms with Crippen molar-refractivity contribution in [1.29, 1.82) is 0 Å². The summed E-state index contributed by atoms with van der Waals surface area (Å²) in [5, 5.41) is 0.695. The predicted octanol–water partition coefficient (Wildman–Crippen LogP) is 3.62. The first-order valence-electron chi connectivity index (χ1n) is 4.03. The summed E-state index contributed by atoms with van der Waals surface area (Å²) in [6.45, 7) is 1.60. The van der Waals surface area contributed by atoms with E-state index in [0.29, 0.717) is 11.4 Å². The van der Waals surface area contributed by atoms with Gasteiger partial charge in [0.2, 0.25) is 0 Å². The first kappa shape index (κ1) is 10.7. The number of aryl methyl sites for hydroxylation is 1. The molecule has 0 saturated heterocycles. The minimum atomic E-state index is 0.201. The smallest absolute Gasteiger partial charge is 0.130 e. The summed E-state index contributed by atoms with van der Waals surface area (Å²) in [6.07, 6.45) is 1.31. The first-order valence-corrected chi connectivity index (χ1v) is 5.20. The van der Waals surface area contributed by atoms with Crippen LogP contribution in [0.2, 0.25) is 5.02 Å². The van der Waals surface area contributed by atoms with Crippen LogP contribution < -0.4 is 0 Å². The summed E-state index contributed by atoms with van der Waals surface area (Å²) in [4.78, 5) is 10.8. The van der Waals surface area contributed by atoms with Crippen molar-refractivity contribution in [3.8, 4) is 0 Å². The number of rotatable bonds is 3. The van der Waals surface area contributed by atoms with Gasteiger partial charge in [0.25, 0.3) is 0 Å². The maximum Gasteiger partial charge on any atom is 0.130 e. The van der Waals surface area contributed by atoms with Gasteiger partial charge in [-0.15, -0.1) is 0 Å². The van der Waals surface area contributed by atoms with E-state index < -0.39 is 0 Å². The van der Waals surface area contributed by atoms with E-state index >= 15 is 0 Å². The Morgan fingerprint density at radius 1 is 1.54 bits per heavy atom. The van der Waals surface area contributed by atoms with Crippen LogP contribution in [-0.4, -0.2) is 5.78 Å². The third-order valence-corrected chi connectivity index (χ3v) is 3.26. The fraction of sp³-hybridized carbons (Fsp3) is 0.300. The molecule has 0 fully saturated rings. The number of Topliss-reactive ketones (excluding diaryl/α,β-unsaturated/α-hetero) is 1. The van der Waals surface area contributed by atoms with Crippen molar-refractivity contribution in [2.24, 2.45) is 0 Å². The van der Waals surface area contributed by atoms with Gasteiger partial charge in [0.15, 0.2) is 0 Å². The lowest BCUT2D eigenvalue weighted by Crippen LogP contribution is -1.94. The Balaban J connectivity index is 2.77. The van der Waals surface area contributed by atoms with Gasteiger partial charge in [-0.3, -0.25) is 0 Å². The van der Waals surface area contributed by atoms with Crippen molar-refractivity contribution in [3.05, 3.63) is 33.3 Å². The van der Waals surface area contributed by atoms with Crippen molar-refractivity contribution >= 4 is 33.3 Å². The monoisotopic (exact) mass is 260 g/mol. The zero-order valence-corrected chi connectivity index (χ0v) is 9.65. The molecule has 0 aromatic heterocycles. The molecule has 70 valence electrons.